The molecule has 0 bridgehead atoms. The topological polar surface area (TPSA) is 99.9 Å². The number of carboxylic acids is 1. The summed E-state index contributed by atoms with van der Waals surface area (Å²) in [7, 11) is 4.27. The van der Waals surface area contributed by atoms with Gasteiger partial charge in [-0.25, -0.2) is 4.98 Å². The number of carboxylic acid groups (broad SMARTS) is 1. The molecule has 0 radical (unpaired) electrons. The van der Waals surface area contributed by atoms with Crippen LogP contribution in [0.1, 0.15) is 69.0 Å². The van der Waals surface area contributed by atoms with Gasteiger partial charge in [0.1, 0.15) is 5.82 Å². The van der Waals surface area contributed by atoms with Crippen molar-refractivity contribution in [2.24, 2.45) is 17.8 Å². The van der Waals surface area contributed by atoms with Crippen LogP contribution in [0.4, 0.5) is 0 Å². The molecular weight excluding hydrogens is 542 g/mol. The summed E-state index contributed by atoms with van der Waals surface area (Å²) < 4.78 is 8.46. The maximum absolute atomic E-state index is 13.7. The number of aromatic nitrogens is 2. The van der Waals surface area contributed by atoms with Crippen molar-refractivity contribution < 1.29 is 14.6 Å². The van der Waals surface area contributed by atoms with E-state index in [2.05, 4.69) is 36.1 Å². The van der Waals surface area contributed by atoms with Crippen LogP contribution in [0.2, 0.25) is 0 Å². The van der Waals surface area contributed by atoms with Crippen LogP contribution in [-0.4, -0.2) is 99.4 Å². The summed E-state index contributed by atoms with van der Waals surface area (Å²) in [5, 5.41) is 13.6. The molecule has 4 fully saturated rings. The van der Waals surface area contributed by atoms with E-state index in [0.29, 0.717) is 37.7 Å². The van der Waals surface area contributed by atoms with Crippen LogP contribution < -0.4 is 10.9 Å². The molecule has 0 aromatic carbocycles. The molecule has 9 nitrogen and oxygen atoms in total. The Labute approximate surface area is 249 Å². The normalized spacial score (nSPS) is 37.7. The summed E-state index contributed by atoms with van der Waals surface area (Å²) in [6.07, 6.45) is 9.01. The van der Waals surface area contributed by atoms with E-state index >= 15 is 0 Å². The van der Waals surface area contributed by atoms with E-state index in [1.165, 1.54) is 12.8 Å². The monoisotopic (exact) mass is 589 g/mol. The van der Waals surface area contributed by atoms with Crippen molar-refractivity contribution in [1.82, 2.24) is 24.7 Å². The van der Waals surface area contributed by atoms with Crippen molar-refractivity contribution in [3.63, 3.8) is 0 Å². The second kappa shape index (κ2) is 11.9. The Bertz CT molecular complexity index is 1190. The van der Waals surface area contributed by atoms with E-state index in [9.17, 15) is 14.7 Å². The Hall–Kier alpha value is -1.52. The van der Waals surface area contributed by atoms with Crippen molar-refractivity contribution in [3.05, 3.63) is 27.4 Å². The van der Waals surface area contributed by atoms with Gasteiger partial charge in [-0.3, -0.25) is 14.2 Å². The number of carbonyl (C=O) groups is 1. The molecule has 41 heavy (non-hydrogen) atoms. The van der Waals surface area contributed by atoms with E-state index < -0.39 is 11.9 Å². The first-order valence-electron chi connectivity index (χ1n) is 15.9. The number of rotatable bonds is 8. The molecular formula is C31H48ClN5O4. The molecule has 0 spiro atoms. The number of hydrogen-bond acceptors (Lipinski definition) is 7. The van der Waals surface area contributed by atoms with Crippen molar-refractivity contribution in [2.45, 2.75) is 120 Å². The number of nitrogens with one attached hydrogen (secondary N) is 1. The molecule has 9 unspecified atom stereocenters. The molecule has 2 N–H and O–H groups in total. The van der Waals surface area contributed by atoms with Gasteiger partial charge < -0.3 is 25.0 Å². The number of ether oxygens (including phenoxy) is 1. The molecule has 2 aliphatic heterocycles. The largest absolute Gasteiger partial charge is 0.481 e. The van der Waals surface area contributed by atoms with Crippen molar-refractivity contribution >= 4 is 17.6 Å². The van der Waals surface area contributed by atoms with Gasteiger partial charge in [-0.1, -0.05) is 0 Å². The minimum atomic E-state index is -0.721. The fourth-order valence-electron chi connectivity index (χ4n) is 8.75. The van der Waals surface area contributed by atoms with Gasteiger partial charge in [0, 0.05) is 47.7 Å². The number of likely N-dealkylation sites (tertiary alicyclic amines) is 1. The van der Waals surface area contributed by atoms with Gasteiger partial charge in [0.15, 0.2) is 0 Å². The predicted octanol–water partition coefficient (Wildman–Crippen LogP) is 2.68. The number of aryl methyl sites for hydroxylation is 2. The smallest absolute Gasteiger partial charge is 0.309 e. The number of halogens is 1. The summed E-state index contributed by atoms with van der Waals surface area (Å²) in [6, 6.07) is 1.45. The fourth-order valence-corrected chi connectivity index (χ4v) is 9.08. The number of nitrogens with zero attached hydrogens (tertiary/aromatic N) is 4. The second-order valence-electron chi connectivity index (χ2n) is 13.7. The van der Waals surface area contributed by atoms with E-state index in [1.807, 2.05) is 11.5 Å². The molecule has 9 atom stereocenters. The Kier molecular flexibility index (Phi) is 8.55. The number of likely N-dealkylation sites (N-methyl/N-ethyl adjacent to an activating group) is 2. The first-order valence-corrected chi connectivity index (χ1v) is 16.3. The highest BCUT2D eigenvalue weighted by Gasteiger charge is 2.53. The minimum absolute atomic E-state index is 0.0522. The second-order valence-corrected chi connectivity index (χ2v) is 14.3. The van der Waals surface area contributed by atoms with Crippen LogP contribution in [0.25, 0.3) is 0 Å². The molecule has 6 rings (SSSR count). The Morgan fingerprint density at radius 3 is 2.68 bits per heavy atom. The summed E-state index contributed by atoms with van der Waals surface area (Å²) >= 11 is 6.75. The third kappa shape index (κ3) is 5.86. The summed E-state index contributed by atoms with van der Waals surface area (Å²) in [5.41, 5.74) is 1.99. The van der Waals surface area contributed by atoms with Crippen molar-refractivity contribution in [3.8, 4) is 0 Å². The van der Waals surface area contributed by atoms with Crippen LogP contribution in [0.3, 0.4) is 0 Å². The summed E-state index contributed by atoms with van der Waals surface area (Å²) in [4.78, 5) is 35.4. The maximum Gasteiger partial charge on any atom is 0.309 e. The van der Waals surface area contributed by atoms with Gasteiger partial charge in [-0.05, 0) is 97.6 Å². The molecule has 10 heteroatoms. The third-order valence-corrected chi connectivity index (χ3v) is 11.4. The van der Waals surface area contributed by atoms with Crippen molar-refractivity contribution in [1.29, 1.82) is 0 Å². The molecule has 0 amide bonds. The number of alkyl halides is 1. The van der Waals surface area contributed by atoms with Gasteiger partial charge in [0.25, 0.3) is 5.56 Å². The van der Waals surface area contributed by atoms with Crippen LogP contribution >= 0.6 is 11.6 Å². The van der Waals surface area contributed by atoms with Gasteiger partial charge in [-0.15, -0.1) is 11.6 Å². The van der Waals surface area contributed by atoms with E-state index in [4.69, 9.17) is 21.3 Å². The predicted molar refractivity (Wildman–Crippen MR) is 159 cm³/mol. The van der Waals surface area contributed by atoms with E-state index in [0.717, 1.165) is 62.0 Å². The van der Waals surface area contributed by atoms with Crippen LogP contribution in [0, 0.1) is 24.7 Å². The molecule has 3 aliphatic carbocycles. The lowest BCUT2D eigenvalue weighted by Gasteiger charge is -2.48. The van der Waals surface area contributed by atoms with Crippen molar-refractivity contribution in [2.75, 3.05) is 27.2 Å². The summed E-state index contributed by atoms with van der Waals surface area (Å²) in [5.74, 6) is 0.222. The molecule has 2 saturated heterocycles. The number of fused-ring (bicyclic) bond motifs is 2. The van der Waals surface area contributed by atoms with E-state index in [-0.39, 0.29) is 41.1 Å². The average molecular weight is 590 g/mol. The zero-order valence-corrected chi connectivity index (χ0v) is 25.9. The highest BCUT2D eigenvalue weighted by molar-refractivity contribution is 6.20. The highest BCUT2D eigenvalue weighted by Crippen LogP contribution is 2.44. The SMILES string of the molecule is Cc1nc2c(c(=O)n1CCOC1CCC(Cl)CC1C1CC(C)NC3C(C(=O)O)CN(C)C13)CC(N(C)C1CC1)CC2. The molecule has 1 aromatic rings. The lowest BCUT2D eigenvalue weighted by molar-refractivity contribution is -0.142. The third-order valence-electron chi connectivity index (χ3n) is 11.0. The Morgan fingerprint density at radius 1 is 1.17 bits per heavy atom. The molecule has 5 aliphatic rings. The molecule has 1 aromatic heterocycles. The molecule has 2 saturated carbocycles. The number of hydrogen-bond donors (Lipinski definition) is 2. The first kappa shape index (κ1) is 29.5. The Balaban J connectivity index is 1.16. The summed E-state index contributed by atoms with van der Waals surface area (Å²) in [6.45, 7) is 5.63. The highest BCUT2D eigenvalue weighted by atomic mass is 35.5. The van der Waals surface area contributed by atoms with Gasteiger partial charge in [-0.2, -0.15) is 0 Å². The fraction of sp³-hybridized carbons (Fsp3) is 0.839. The lowest BCUT2D eigenvalue weighted by atomic mass is 9.68. The zero-order chi connectivity index (χ0) is 29.0. The zero-order valence-electron chi connectivity index (χ0n) is 25.1. The minimum Gasteiger partial charge on any atom is -0.481 e. The number of piperidine rings is 1. The van der Waals surface area contributed by atoms with Gasteiger partial charge in [0.05, 0.1) is 30.9 Å². The average Bonchev–Trinajstić information content (AvgIpc) is 3.73. The lowest BCUT2D eigenvalue weighted by Crippen LogP contribution is -2.60. The molecule has 228 valence electrons. The standard InChI is InChI=1S/C31H48ClN5O4/c1-17-13-23(29-28(33-17)25(31(39)40)16-35(29)3)22-14-19(32)5-10-27(22)41-12-11-37-18(2)34-26-9-8-21(15-24(26)30(37)38)36(4)20-6-7-20/h17,19-23,25,27-29,33H,5-16H2,1-4H3,(H,39,40). The van der Waals surface area contributed by atoms with E-state index in [1.54, 1.807) is 0 Å². The van der Waals surface area contributed by atoms with Crippen LogP contribution in [-0.2, 0) is 28.9 Å². The Morgan fingerprint density at radius 2 is 1.95 bits per heavy atom. The number of aliphatic carboxylic acids is 1. The van der Waals surface area contributed by atoms with Gasteiger partial charge in [0.2, 0.25) is 0 Å². The van der Waals surface area contributed by atoms with Crippen LogP contribution in [0.15, 0.2) is 4.79 Å². The van der Waals surface area contributed by atoms with Crippen LogP contribution in [0.5, 0.6) is 0 Å². The molecule has 3 heterocycles. The maximum atomic E-state index is 13.7. The quantitative estimate of drug-likeness (QED) is 0.447. The first-order chi connectivity index (χ1) is 19.6. The van der Waals surface area contributed by atoms with Gasteiger partial charge >= 0.3 is 5.97 Å².